The molecule has 0 bridgehead atoms. The number of fused-ring (bicyclic) bond motifs is 6. The van der Waals surface area contributed by atoms with Gasteiger partial charge in [-0.2, -0.15) is 9.97 Å². The summed E-state index contributed by atoms with van der Waals surface area (Å²) >= 11 is 0. The third-order valence-corrected chi connectivity index (χ3v) is 9.58. The minimum Gasteiger partial charge on any atom is -0.309 e. The molecule has 0 aliphatic heterocycles. The Morgan fingerprint density at radius 2 is 0.780 bits per heavy atom. The van der Waals surface area contributed by atoms with E-state index < -0.39 is 0 Å². The minimum absolute atomic E-state index is 0.579. The topological polar surface area (TPSA) is 48.5 Å². The molecule has 5 heteroatoms. The molecule has 0 atom stereocenters. The highest BCUT2D eigenvalue weighted by Crippen LogP contribution is 2.41. The summed E-state index contributed by atoms with van der Waals surface area (Å²) in [6.07, 6.45) is 0. The van der Waals surface area contributed by atoms with Crippen LogP contribution in [0.15, 0.2) is 176 Å². The van der Waals surface area contributed by atoms with Gasteiger partial charge in [0.2, 0.25) is 5.95 Å². The van der Waals surface area contributed by atoms with E-state index in [-0.39, 0.29) is 0 Å². The van der Waals surface area contributed by atoms with Crippen LogP contribution < -0.4 is 0 Å². The first-order valence-corrected chi connectivity index (χ1v) is 16.8. The molecular formula is C45H29N5. The lowest BCUT2D eigenvalue weighted by Gasteiger charge is -2.14. The Balaban J connectivity index is 1.32. The smallest absolute Gasteiger partial charge is 0.238 e. The Labute approximate surface area is 288 Å². The van der Waals surface area contributed by atoms with Crippen LogP contribution in [0.4, 0.5) is 0 Å². The average Bonchev–Trinajstić information content (AvgIpc) is 3.70. The molecule has 3 aromatic heterocycles. The van der Waals surface area contributed by atoms with Gasteiger partial charge in [0.05, 0.1) is 27.8 Å². The maximum absolute atomic E-state index is 5.16. The van der Waals surface area contributed by atoms with Crippen molar-refractivity contribution in [3.8, 4) is 45.5 Å². The summed E-state index contributed by atoms with van der Waals surface area (Å²) in [5, 5.41) is 4.70. The van der Waals surface area contributed by atoms with Crippen molar-refractivity contribution in [2.24, 2.45) is 0 Å². The molecule has 3 heterocycles. The highest BCUT2D eigenvalue weighted by atomic mass is 15.2. The van der Waals surface area contributed by atoms with Gasteiger partial charge in [-0.3, -0.25) is 4.57 Å². The first-order chi connectivity index (χ1) is 24.8. The largest absolute Gasteiger partial charge is 0.309 e. The average molecular weight is 640 g/mol. The fourth-order valence-electron chi connectivity index (χ4n) is 7.33. The lowest BCUT2D eigenvalue weighted by molar-refractivity contribution is 0.953. The third-order valence-electron chi connectivity index (χ3n) is 9.58. The highest BCUT2D eigenvalue weighted by molar-refractivity contribution is 6.19. The molecular weight excluding hydrogens is 611 g/mol. The zero-order valence-electron chi connectivity index (χ0n) is 27.0. The molecule has 10 aromatic rings. The Morgan fingerprint density at radius 3 is 1.38 bits per heavy atom. The summed E-state index contributed by atoms with van der Waals surface area (Å²) in [5.41, 5.74) is 9.71. The van der Waals surface area contributed by atoms with E-state index in [1.54, 1.807) is 0 Å². The van der Waals surface area contributed by atoms with Gasteiger partial charge in [0.15, 0.2) is 11.6 Å². The molecule has 0 aliphatic rings. The maximum Gasteiger partial charge on any atom is 0.238 e. The zero-order chi connectivity index (χ0) is 33.0. The molecule has 10 rings (SSSR count). The molecule has 0 saturated carbocycles. The van der Waals surface area contributed by atoms with Crippen LogP contribution in [0.1, 0.15) is 0 Å². The van der Waals surface area contributed by atoms with Crippen LogP contribution in [-0.2, 0) is 0 Å². The van der Waals surface area contributed by atoms with Crippen molar-refractivity contribution in [3.63, 3.8) is 0 Å². The van der Waals surface area contributed by atoms with Gasteiger partial charge in [0.1, 0.15) is 0 Å². The molecule has 234 valence electrons. The Hall–Kier alpha value is -6.85. The van der Waals surface area contributed by atoms with Crippen molar-refractivity contribution in [1.29, 1.82) is 0 Å². The molecule has 0 fully saturated rings. The van der Waals surface area contributed by atoms with E-state index in [1.807, 2.05) is 60.7 Å². The lowest BCUT2D eigenvalue weighted by atomic mass is 10.0. The van der Waals surface area contributed by atoms with Crippen LogP contribution in [0.25, 0.3) is 89.2 Å². The van der Waals surface area contributed by atoms with E-state index in [9.17, 15) is 0 Å². The molecule has 50 heavy (non-hydrogen) atoms. The van der Waals surface area contributed by atoms with Crippen molar-refractivity contribution in [2.75, 3.05) is 0 Å². The summed E-state index contributed by atoms with van der Waals surface area (Å²) in [6.45, 7) is 0. The summed E-state index contributed by atoms with van der Waals surface area (Å²) in [4.78, 5) is 15.3. The second-order valence-electron chi connectivity index (χ2n) is 12.5. The first kappa shape index (κ1) is 28.2. The van der Waals surface area contributed by atoms with Crippen LogP contribution in [-0.4, -0.2) is 24.1 Å². The predicted octanol–water partition coefficient (Wildman–Crippen LogP) is 11.1. The summed E-state index contributed by atoms with van der Waals surface area (Å²) in [7, 11) is 0. The molecule has 5 nitrogen and oxygen atoms in total. The standard InChI is InChI=1S/C45H29N5/c1-4-16-30(17-5-1)33-22-10-13-25-38(33)49-39-26-14-11-23-34(39)36-28-37-35-24-12-15-27-40(35)50(42(37)29-41(36)49)45-47-43(31-18-6-2-7-19-31)46-44(48-45)32-20-8-3-9-21-32/h1-29H. The lowest BCUT2D eigenvalue weighted by Crippen LogP contribution is -2.06. The molecule has 0 saturated heterocycles. The minimum atomic E-state index is 0.579. The molecule has 0 radical (unpaired) electrons. The van der Waals surface area contributed by atoms with Gasteiger partial charge in [-0.25, -0.2) is 4.98 Å². The van der Waals surface area contributed by atoms with Gasteiger partial charge in [-0.15, -0.1) is 0 Å². The van der Waals surface area contributed by atoms with Crippen LogP contribution in [0.2, 0.25) is 0 Å². The summed E-state index contributed by atoms with van der Waals surface area (Å²) in [5.74, 6) is 1.84. The predicted molar refractivity (Wildman–Crippen MR) is 205 cm³/mol. The summed E-state index contributed by atoms with van der Waals surface area (Å²) < 4.78 is 4.61. The van der Waals surface area contributed by atoms with Gasteiger partial charge < -0.3 is 4.57 Å². The SMILES string of the molecule is c1ccc(-c2nc(-c3ccccc3)nc(-n3c4ccccc4c4cc5c6ccccc6n(-c6ccccc6-c6ccccc6)c5cc43)n2)cc1. The normalized spacial score (nSPS) is 11.6. The van der Waals surface area contributed by atoms with Crippen molar-refractivity contribution in [1.82, 2.24) is 24.1 Å². The fraction of sp³-hybridized carbons (Fsp3) is 0. The monoisotopic (exact) mass is 639 g/mol. The van der Waals surface area contributed by atoms with Crippen LogP contribution in [0, 0.1) is 0 Å². The van der Waals surface area contributed by atoms with Gasteiger partial charge in [-0.1, -0.05) is 146 Å². The van der Waals surface area contributed by atoms with E-state index in [0.717, 1.165) is 49.7 Å². The second kappa shape index (κ2) is 11.4. The van der Waals surface area contributed by atoms with Gasteiger partial charge in [0.25, 0.3) is 0 Å². The third kappa shape index (κ3) is 4.45. The number of benzene rings is 7. The van der Waals surface area contributed by atoms with Crippen LogP contribution in [0.3, 0.4) is 0 Å². The van der Waals surface area contributed by atoms with E-state index >= 15 is 0 Å². The molecule has 0 amide bonds. The van der Waals surface area contributed by atoms with Crippen molar-refractivity contribution < 1.29 is 0 Å². The van der Waals surface area contributed by atoms with Crippen molar-refractivity contribution in [2.45, 2.75) is 0 Å². The van der Waals surface area contributed by atoms with Crippen LogP contribution >= 0.6 is 0 Å². The molecule has 7 aromatic carbocycles. The summed E-state index contributed by atoms with van der Waals surface area (Å²) in [6, 6.07) is 61.5. The van der Waals surface area contributed by atoms with E-state index in [4.69, 9.17) is 15.0 Å². The maximum atomic E-state index is 5.16. The number of aromatic nitrogens is 5. The number of hydrogen-bond acceptors (Lipinski definition) is 3. The van der Waals surface area contributed by atoms with Gasteiger partial charge in [0, 0.05) is 38.2 Å². The van der Waals surface area contributed by atoms with Crippen molar-refractivity contribution >= 4 is 43.6 Å². The fourth-order valence-corrected chi connectivity index (χ4v) is 7.33. The molecule has 0 spiro atoms. The van der Waals surface area contributed by atoms with E-state index in [1.165, 1.54) is 21.9 Å². The van der Waals surface area contributed by atoms with E-state index in [0.29, 0.717) is 17.6 Å². The first-order valence-electron chi connectivity index (χ1n) is 16.8. The second-order valence-corrected chi connectivity index (χ2v) is 12.5. The molecule has 0 N–H and O–H groups in total. The Morgan fingerprint density at radius 1 is 0.320 bits per heavy atom. The number of hydrogen-bond donors (Lipinski definition) is 0. The Kier molecular flexibility index (Phi) is 6.42. The molecule has 0 unspecified atom stereocenters. The number of nitrogens with zero attached hydrogens (tertiary/aromatic N) is 5. The quantitative estimate of drug-likeness (QED) is 0.188. The van der Waals surface area contributed by atoms with E-state index in [2.05, 4.69) is 124 Å². The Bertz CT molecular complexity index is 2800. The number of rotatable bonds is 5. The van der Waals surface area contributed by atoms with Crippen molar-refractivity contribution in [3.05, 3.63) is 176 Å². The van der Waals surface area contributed by atoms with Crippen LogP contribution in [0.5, 0.6) is 0 Å². The van der Waals surface area contributed by atoms with Gasteiger partial charge in [-0.05, 0) is 35.9 Å². The zero-order valence-corrected chi connectivity index (χ0v) is 27.0. The van der Waals surface area contributed by atoms with Gasteiger partial charge >= 0.3 is 0 Å². The molecule has 0 aliphatic carbocycles. The number of para-hydroxylation sites is 3. The highest BCUT2D eigenvalue weighted by Gasteiger charge is 2.21.